The maximum atomic E-state index is 6.13. The maximum absolute atomic E-state index is 6.13. The minimum atomic E-state index is -0.223. The maximum Gasteiger partial charge on any atom is 0.0895 e. The van der Waals surface area contributed by atoms with E-state index in [1.54, 1.807) is 0 Å². The highest BCUT2D eigenvalue weighted by molar-refractivity contribution is 5.29. The van der Waals surface area contributed by atoms with Crippen LogP contribution in [0.1, 0.15) is 36.5 Å². The Morgan fingerprint density at radius 3 is 2.38 bits per heavy atom. The van der Waals surface area contributed by atoms with Gasteiger partial charge in [-0.05, 0) is 32.8 Å². The second-order valence-electron chi connectivity index (χ2n) is 6.03. The zero-order valence-corrected chi connectivity index (χ0v) is 13.4. The molecule has 0 saturated carbocycles. The molecule has 1 aliphatic rings. The third-order valence-corrected chi connectivity index (χ3v) is 4.33. The quantitative estimate of drug-likeness (QED) is 0.624. The molecule has 1 aliphatic heterocycles. The number of ether oxygens (including phenoxy) is 2. The van der Waals surface area contributed by atoms with Crippen molar-refractivity contribution in [3.8, 4) is 0 Å². The van der Waals surface area contributed by atoms with Crippen LogP contribution >= 0.6 is 0 Å². The van der Waals surface area contributed by atoms with Gasteiger partial charge in [0.25, 0.3) is 0 Å². The Morgan fingerprint density at radius 2 is 1.86 bits per heavy atom. The second kappa shape index (κ2) is 7.36. The largest absolute Gasteiger partial charge is 0.381 e. The lowest BCUT2D eigenvalue weighted by Gasteiger charge is -2.43. The van der Waals surface area contributed by atoms with Crippen molar-refractivity contribution >= 4 is 0 Å². The van der Waals surface area contributed by atoms with Crippen LogP contribution in [0.2, 0.25) is 0 Å². The fraction of sp³-hybridized carbons (Fsp3) is 0.647. The molecule has 118 valence electrons. The minimum Gasteiger partial charge on any atom is -0.381 e. The van der Waals surface area contributed by atoms with Gasteiger partial charge in [-0.25, -0.2) is 0 Å². The molecule has 1 unspecified atom stereocenters. The van der Waals surface area contributed by atoms with E-state index in [0.29, 0.717) is 6.61 Å². The monoisotopic (exact) mass is 292 g/mol. The van der Waals surface area contributed by atoms with Crippen molar-refractivity contribution in [3.63, 3.8) is 0 Å². The van der Waals surface area contributed by atoms with Crippen molar-refractivity contribution in [3.05, 3.63) is 34.9 Å². The first-order valence-electron chi connectivity index (χ1n) is 7.84. The van der Waals surface area contributed by atoms with Gasteiger partial charge in [-0.1, -0.05) is 29.3 Å². The van der Waals surface area contributed by atoms with Crippen LogP contribution in [0.15, 0.2) is 18.2 Å². The summed E-state index contributed by atoms with van der Waals surface area (Å²) in [5, 5.41) is 0. The Kier molecular flexibility index (Phi) is 5.76. The summed E-state index contributed by atoms with van der Waals surface area (Å²) in [5.74, 6) is 5.87. The predicted octanol–water partition coefficient (Wildman–Crippen LogP) is 2.26. The Bertz CT molecular complexity index is 430. The SMILES string of the molecule is CCOC1(C(Cc2cc(C)cc(C)c2)NN)CCOCC1. The van der Waals surface area contributed by atoms with Crippen molar-refractivity contribution in [2.75, 3.05) is 19.8 Å². The van der Waals surface area contributed by atoms with Crippen LogP contribution in [0.25, 0.3) is 0 Å². The lowest BCUT2D eigenvalue weighted by Crippen LogP contribution is -2.58. The van der Waals surface area contributed by atoms with Crippen LogP contribution in [0.3, 0.4) is 0 Å². The predicted molar refractivity (Wildman–Crippen MR) is 85.1 cm³/mol. The summed E-state index contributed by atoms with van der Waals surface area (Å²) in [6.07, 6.45) is 2.65. The Labute approximate surface area is 128 Å². The van der Waals surface area contributed by atoms with Crippen LogP contribution in [0, 0.1) is 13.8 Å². The van der Waals surface area contributed by atoms with Gasteiger partial charge in [0, 0.05) is 32.7 Å². The lowest BCUT2D eigenvalue weighted by atomic mass is 9.82. The normalized spacial score (nSPS) is 19.4. The third-order valence-electron chi connectivity index (χ3n) is 4.33. The molecule has 1 fully saturated rings. The van der Waals surface area contributed by atoms with E-state index >= 15 is 0 Å². The average molecular weight is 292 g/mol. The number of rotatable bonds is 6. The molecular weight excluding hydrogens is 264 g/mol. The van der Waals surface area contributed by atoms with Gasteiger partial charge in [0.15, 0.2) is 0 Å². The zero-order chi connectivity index (χ0) is 15.3. The molecular formula is C17H28N2O2. The minimum absolute atomic E-state index is 0.0996. The van der Waals surface area contributed by atoms with Crippen LogP contribution in [-0.2, 0) is 15.9 Å². The van der Waals surface area contributed by atoms with Gasteiger partial charge < -0.3 is 9.47 Å². The van der Waals surface area contributed by atoms with Gasteiger partial charge in [-0.3, -0.25) is 11.3 Å². The zero-order valence-electron chi connectivity index (χ0n) is 13.4. The summed E-state index contributed by atoms with van der Waals surface area (Å²) in [6, 6.07) is 6.76. The lowest BCUT2D eigenvalue weighted by molar-refractivity contribution is -0.126. The summed E-state index contributed by atoms with van der Waals surface area (Å²) in [7, 11) is 0. The molecule has 0 aromatic heterocycles. The van der Waals surface area contributed by atoms with E-state index in [1.165, 1.54) is 16.7 Å². The molecule has 0 bridgehead atoms. The number of benzene rings is 1. The van der Waals surface area contributed by atoms with Crippen molar-refractivity contribution in [2.45, 2.75) is 51.7 Å². The first kappa shape index (κ1) is 16.4. The molecule has 0 amide bonds. The van der Waals surface area contributed by atoms with Crippen LogP contribution < -0.4 is 11.3 Å². The average Bonchev–Trinajstić information content (AvgIpc) is 2.45. The van der Waals surface area contributed by atoms with Crippen molar-refractivity contribution < 1.29 is 9.47 Å². The molecule has 3 N–H and O–H groups in total. The van der Waals surface area contributed by atoms with E-state index in [4.69, 9.17) is 15.3 Å². The van der Waals surface area contributed by atoms with Gasteiger partial charge in [-0.15, -0.1) is 0 Å². The summed E-state index contributed by atoms with van der Waals surface area (Å²) in [5.41, 5.74) is 6.67. The molecule has 4 nitrogen and oxygen atoms in total. The van der Waals surface area contributed by atoms with Gasteiger partial charge in [0.05, 0.1) is 11.6 Å². The van der Waals surface area contributed by atoms with E-state index in [1.807, 2.05) is 6.92 Å². The number of hydrogen-bond donors (Lipinski definition) is 2. The number of nitrogens with one attached hydrogen (secondary N) is 1. The molecule has 1 atom stereocenters. The van der Waals surface area contributed by atoms with Crippen LogP contribution in [0.5, 0.6) is 0 Å². The fourth-order valence-corrected chi connectivity index (χ4v) is 3.42. The number of nitrogens with two attached hydrogens (primary N) is 1. The van der Waals surface area contributed by atoms with Crippen molar-refractivity contribution in [1.29, 1.82) is 0 Å². The molecule has 1 saturated heterocycles. The molecule has 21 heavy (non-hydrogen) atoms. The highest BCUT2D eigenvalue weighted by Crippen LogP contribution is 2.30. The summed E-state index contributed by atoms with van der Waals surface area (Å²) < 4.78 is 11.6. The molecule has 0 aliphatic carbocycles. The number of hydrogen-bond acceptors (Lipinski definition) is 4. The summed E-state index contributed by atoms with van der Waals surface area (Å²) >= 11 is 0. The number of aryl methyl sites for hydroxylation is 2. The Morgan fingerprint density at radius 1 is 1.24 bits per heavy atom. The number of hydrazine groups is 1. The molecule has 0 spiro atoms. The molecule has 4 heteroatoms. The highest BCUT2D eigenvalue weighted by Gasteiger charge is 2.40. The highest BCUT2D eigenvalue weighted by atomic mass is 16.5. The van der Waals surface area contributed by atoms with E-state index in [0.717, 1.165) is 32.5 Å². The standard InChI is InChI=1S/C17H28N2O2/c1-4-21-17(5-7-20-8-6-17)16(19-18)12-15-10-13(2)9-14(3)11-15/h9-11,16,19H,4-8,12,18H2,1-3H3. The molecule has 0 radical (unpaired) electrons. The Balaban J connectivity index is 2.19. The Hall–Kier alpha value is -0.940. The van der Waals surface area contributed by atoms with E-state index in [2.05, 4.69) is 37.5 Å². The van der Waals surface area contributed by atoms with E-state index in [9.17, 15) is 0 Å². The van der Waals surface area contributed by atoms with Gasteiger partial charge >= 0.3 is 0 Å². The molecule has 1 aromatic rings. The van der Waals surface area contributed by atoms with E-state index < -0.39 is 0 Å². The van der Waals surface area contributed by atoms with Crippen molar-refractivity contribution in [1.82, 2.24) is 5.43 Å². The fourth-order valence-electron chi connectivity index (χ4n) is 3.42. The second-order valence-corrected chi connectivity index (χ2v) is 6.03. The third kappa shape index (κ3) is 4.04. The topological polar surface area (TPSA) is 56.5 Å². The molecule has 2 rings (SSSR count). The van der Waals surface area contributed by atoms with Crippen molar-refractivity contribution in [2.24, 2.45) is 5.84 Å². The first-order chi connectivity index (χ1) is 10.1. The smallest absolute Gasteiger partial charge is 0.0895 e. The van der Waals surface area contributed by atoms with Crippen LogP contribution in [0.4, 0.5) is 0 Å². The van der Waals surface area contributed by atoms with Crippen LogP contribution in [-0.4, -0.2) is 31.5 Å². The first-order valence-corrected chi connectivity index (χ1v) is 7.84. The van der Waals surface area contributed by atoms with Gasteiger partial charge in [0.2, 0.25) is 0 Å². The van der Waals surface area contributed by atoms with E-state index in [-0.39, 0.29) is 11.6 Å². The molecule has 1 aromatic carbocycles. The van der Waals surface area contributed by atoms with Gasteiger partial charge in [0.1, 0.15) is 0 Å². The molecule has 1 heterocycles. The summed E-state index contributed by atoms with van der Waals surface area (Å²) in [6.45, 7) is 8.49. The van der Waals surface area contributed by atoms with Gasteiger partial charge in [-0.2, -0.15) is 0 Å². The summed E-state index contributed by atoms with van der Waals surface area (Å²) in [4.78, 5) is 0.